The van der Waals surface area contributed by atoms with E-state index in [1.54, 1.807) is 0 Å². The molecule has 0 aromatic heterocycles. The number of hydrogen-bond acceptors (Lipinski definition) is 1. The van der Waals surface area contributed by atoms with Crippen LogP contribution in [0.3, 0.4) is 0 Å². The standard InChI is InChI=1S/C12H15ClF3N/c1-7(2)8(3)17-11-6-9(12(14,15)16)4-5-10(11)13/h4-8,17H,1-3H3. The van der Waals surface area contributed by atoms with Crippen molar-refractivity contribution in [1.29, 1.82) is 0 Å². The number of hydrogen-bond donors (Lipinski definition) is 1. The maximum absolute atomic E-state index is 12.5. The summed E-state index contributed by atoms with van der Waals surface area (Å²) in [6.07, 6.45) is -4.35. The van der Waals surface area contributed by atoms with Gasteiger partial charge in [-0.3, -0.25) is 0 Å². The molecule has 0 radical (unpaired) electrons. The van der Waals surface area contributed by atoms with Crippen molar-refractivity contribution < 1.29 is 13.2 Å². The molecule has 0 bridgehead atoms. The van der Waals surface area contributed by atoms with E-state index in [1.165, 1.54) is 6.07 Å². The molecule has 1 rings (SSSR count). The van der Waals surface area contributed by atoms with Crippen molar-refractivity contribution in [3.05, 3.63) is 28.8 Å². The second-order valence-electron chi connectivity index (χ2n) is 4.37. The summed E-state index contributed by atoms with van der Waals surface area (Å²) in [4.78, 5) is 0. The summed E-state index contributed by atoms with van der Waals surface area (Å²) in [5, 5.41) is 3.29. The molecule has 17 heavy (non-hydrogen) atoms. The summed E-state index contributed by atoms with van der Waals surface area (Å²) < 4.78 is 37.6. The van der Waals surface area contributed by atoms with Crippen molar-refractivity contribution in [2.45, 2.75) is 33.0 Å². The van der Waals surface area contributed by atoms with Crippen LogP contribution in [0.5, 0.6) is 0 Å². The molecule has 1 N–H and O–H groups in total. The predicted molar refractivity (Wildman–Crippen MR) is 64.4 cm³/mol. The normalized spacial score (nSPS) is 13.9. The Morgan fingerprint density at radius 2 is 1.76 bits per heavy atom. The van der Waals surface area contributed by atoms with E-state index < -0.39 is 11.7 Å². The van der Waals surface area contributed by atoms with Crippen LogP contribution in [0.1, 0.15) is 26.3 Å². The maximum atomic E-state index is 12.5. The van der Waals surface area contributed by atoms with Crippen LogP contribution >= 0.6 is 11.6 Å². The lowest BCUT2D eigenvalue weighted by atomic mass is 10.1. The number of halogens is 4. The Kier molecular flexibility index (Phi) is 4.31. The molecule has 0 saturated heterocycles. The predicted octanol–water partition coefficient (Wildman–Crippen LogP) is 4.82. The zero-order valence-electron chi connectivity index (χ0n) is 9.90. The highest BCUT2D eigenvalue weighted by atomic mass is 35.5. The minimum Gasteiger partial charge on any atom is -0.381 e. The molecule has 0 saturated carbocycles. The lowest BCUT2D eigenvalue weighted by molar-refractivity contribution is -0.137. The smallest absolute Gasteiger partial charge is 0.381 e. The molecule has 0 fully saturated rings. The fourth-order valence-corrected chi connectivity index (χ4v) is 1.40. The van der Waals surface area contributed by atoms with Crippen LogP contribution in [-0.4, -0.2) is 6.04 Å². The van der Waals surface area contributed by atoms with E-state index in [0.29, 0.717) is 16.6 Å². The monoisotopic (exact) mass is 265 g/mol. The summed E-state index contributed by atoms with van der Waals surface area (Å²) in [7, 11) is 0. The molecule has 0 spiro atoms. The van der Waals surface area contributed by atoms with Crippen LogP contribution in [-0.2, 0) is 6.18 Å². The lowest BCUT2D eigenvalue weighted by Crippen LogP contribution is -2.22. The van der Waals surface area contributed by atoms with Gasteiger partial charge >= 0.3 is 6.18 Å². The van der Waals surface area contributed by atoms with Gasteiger partial charge in [0.25, 0.3) is 0 Å². The molecule has 96 valence electrons. The number of benzene rings is 1. The van der Waals surface area contributed by atoms with Crippen LogP contribution in [0.4, 0.5) is 18.9 Å². The van der Waals surface area contributed by atoms with Gasteiger partial charge in [-0.05, 0) is 31.0 Å². The Bertz CT molecular complexity index is 388. The molecule has 0 heterocycles. The van der Waals surface area contributed by atoms with Gasteiger partial charge < -0.3 is 5.32 Å². The van der Waals surface area contributed by atoms with Crippen LogP contribution in [0.15, 0.2) is 18.2 Å². The Morgan fingerprint density at radius 1 is 1.18 bits per heavy atom. The third-order valence-electron chi connectivity index (χ3n) is 2.68. The molecule has 0 aliphatic rings. The lowest BCUT2D eigenvalue weighted by Gasteiger charge is -2.20. The average molecular weight is 266 g/mol. The molecule has 1 aromatic carbocycles. The number of nitrogens with one attached hydrogen (secondary N) is 1. The Hall–Kier alpha value is -0.900. The van der Waals surface area contributed by atoms with Crippen molar-refractivity contribution in [2.24, 2.45) is 5.92 Å². The summed E-state index contributed by atoms with van der Waals surface area (Å²) in [6.45, 7) is 5.87. The van der Waals surface area contributed by atoms with Gasteiger partial charge in [0.05, 0.1) is 16.3 Å². The van der Waals surface area contributed by atoms with Gasteiger partial charge in [0.1, 0.15) is 0 Å². The quantitative estimate of drug-likeness (QED) is 0.827. The van der Waals surface area contributed by atoms with Gasteiger partial charge in [0.15, 0.2) is 0 Å². The van der Waals surface area contributed by atoms with Gasteiger partial charge in [-0.2, -0.15) is 13.2 Å². The van der Waals surface area contributed by atoms with Crippen molar-refractivity contribution in [2.75, 3.05) is 5.32 Å². The van der Waals surface area contributed by atoms with Gasteiger partial charge in [0.2, 0.25) is 0 Å². The van der Waals surface area contributed by atoms with E-state index in [-0.39, 0.29) is 6.04 Å². The largest absolute Gasteiger partial charge is 0.416 e. The van der Waals surface area contributed by atoms with Gasteiger partial charge in [-0.1, -0.05) is 25.4 Å². The van der Waals surface area contributed by atoms with Crippen LogP contribution in [0, 0.1) is 5.92 Å². The molecule has 1 atom stereocenters. The molecular formula is C12H15ClF3N. The first-order chi connectivity index (χ1) is 7.71. The minimum atomic E-state index is -4.35. The molecule has 0 aliphatic heterocycles. The molecule has 1 aromatic rings. The van der Waals surface area contributed by atoms with E-state index in [4.69, 9.17) is 11.6 Å². The molecule has 1 nitrogen and oxygen atoms in total. The molecule has 0 aliphatic carbocycles. The highest BCUT2D eigenvalue weighted by molar-refractivity contribution is 6.33. The fourth-order valence-electron chi connectivity index (χ4n) is 1.22. The average Bonchev–Trinajstić information content (AvgIpc) is 2.19. The summed E-state index contributed by atoms with van der Waals surface area (Å²) in [5.41, 5.74) is -0.372. The summed E-state index contributed by atoms with van der Waals surface area (Å²) >= 11 is 5.87. The first kappa shape index (κ1) is 14.2. The van der Waals surface area contributed by atoms with Gasteiger partial charge in [-0.15, -0.1) is 0 Å². The minimum absolute atomic E-state index is 0.0518. The van der Waals surface area contributed by atoms with Crippen LogP contribution in [0.2, 0.25) is 5.02 Å². The van der Waals surface area contributed by atoms with Crippen molar-refractivity contribution >= 4 is 17.3 Å². The van der Waals surface area contributed by atoms with Gasteiger partial charge in [-0.25, -0.2) is 0 Å². The second-order valence-corrected chi connectivity index (χ2v) is 4.78. The molecule has 0 amide bonds. The highest BCUT2D eigenvalue weighted by Crippen LogP contribution is 2.34. The van der Waals surface area contributed by atoms with E-state index in [0.717, 1.165) is 12.1 Å². The second kappa shape index (κ2) is 5.17. The van der Waals surface area contributed by atoms with Crippen molar-refractivity contribution in [1.82, 2.24) is 0 Å². The molecule has 1 unspecified atom stereocenters. The fraction of sp³-hybridized carbons (Fsp3) is 0.500. The van der Waals surface area contributed by atoms with Gasteiger partial charge in [0, 0.05) is 6.04 Å². The Balaban J connectivity index is 2.99. The van der Waals surface area contributed by atoms with E-state index in [2.05, 4.69) is 5.32 Å². The maximum Gasteiger partial charge on any atom is 0.416 e. The summed E-state index contributed by atoms with van der Waals surface area (Å²) in [6, 6.07) is 3.34. The first-order valence-electron chi connectivity index (χ1n) is 5.35. The van der Waals surface area contributed by atoms with Crippen molar-refractivity contribution in [3.8, 4) is 0 Å². The van der Waals surface area contributed by atoms with Crippen molar-refractivity contribution in [3.63, 3.8) is 0 Å². The number of rotatable bonds is 3. The third-order valence-corrected chi connectivity index (χ3v) is 3.01. The molecule has 5 heteroatoms. The Labute approximate surface area is 104 Å². The van der Waals surface area contributed by atoms with Crippen LogP contribution < -0.4 is 5.32 Å². The van der Waals surface area contributed by atoms with E-state index >= 15 is 0 Å². The summed E-state index contributed by atoms with van der Waals surface area (Å²) in [5.74, 6) is 0.306. The van der Waals surface area contributed by atoms with Crippen LogP contribution in [0.25, 0.3) is 0 Å². The topological polar surface area (TPSA) is 12.0 Å². The third kappa shape index (κ3) is 3.80. The van der Waals surface area contributed by atoms with E-state index in [1.807, 2.05) is 20.8 Å². The Morgan fingerprint density at radius 3 is 2.24 bits per heavy atom. The van der Waals surface area contributed by atoms with E-state index in [9.17, 15) is 13.2 Å². The SMILES string of the molecule is CC(C)C(C)Nc1cc(C(F)(F)F)ccc1Cl. The number of alkyl halides is 3. The highest BCUT2D eigenvalue weighted by Gasteiger charge is 2.31. The number of anilines is 1. The molecular weight excluding hydrogens is 251 g/mol. The zero-order chi connectivity index (χ0) is 13.2. The first-order valence-corrected chi connectivity index (χ1v) is 5.73. The zero-order valence-corrected chi connectivity index (χ0v) is 10.7.